The molecule has 3 heteroatoms. The Morgan fingerprint density at radius 2 is 2.20 bits per heavy atom. The van der Waals surface area contributed by atoms with Crippen molar-refractivity contribution in [2.24, 2.45) is 17.6 Å². The van der Waals surface area contributed by atoms with Crippen molar-refractivity contribution in [3.63, 3.8) is 0 Å². The zero-order valence-electron chi connectivity index (χ0n) is 12.6. The van der Waals surface area contributed by atoms with Gasteiger partial charge in [0.05, 0.1) is 12.4 Å². The molecule has 1 saturated carbocycles. The molecule has 0 aromatic rings. The van der Waals surface area contributed by atoms with Crippen LogP contribution in [0.15, 0.2) is 36.1 Å². The van der Waals surface area contributed by atoms with Crippen molar-refractivity contribution in [3.05, 3.63) is 36.1 Å². The van der Waals surface area contributed by atoms with E-state index in [-0.39, 0.29) is 0 Å². The molecule has 0 heterocycles. The van der Waals surface area contributed by atoms with Crippen LogP contribution in [0.5, 0.6) is 0 Å². The SMILES string of the molecule is C=CCC(C(=C/C=N)/C=C(\C)OCCCCN)C1CC1. The highest BCUT2D eigenvalue weighted by molar-refractivity contribution is 5.70. The zero-order valence-corrected chi connectivity index (χ0v) is 12.6. The maximum absolute atomic E-state index is 7.35. The van der Waals surface area contributed by atoms with E-state index in [4.69, 9.17) is 15.9 Å². The normalized spacial score (nSPS) is 17.7. The molecule has 1 aliphatic carbocycles. The Morgan fingerprint density at radius 3 is 2.75 bits per heavy atom. The number of allylic oxidation sites excluding steroid dienone is 5. The van der Waals surface area contributed by atoms with E-state index < -0.39 is 0 Å². The molecule has 0 bridgehead atoms. The molecule has 3 nitrogen and oxygen atoms in total. The van der Waals surface area contributed by atoms with Gasteiger partial charge in [0.25, 0.3) is 0 Å². The summed E-state index contributed by atoms with van der Waals surface area (Å²) in [6.45, 7) is 7.27. The number of nitrogens with two attached hydrogens (primary N) is 1. The summed E-state index contributed by atoms with van der Waals surface area (Å²) in [6.07, 6.45) is 12.9. The molecule has 0 aliphatic heterocycles. The Balaban J connectivity index is 2.62. The summed E-state index contributed by atoms with van der Waals surface area (Å²) in [4.78, 5) is 0. The third-order valence-corrected chi connectivity index (χ3v) is 3.61. The summed E-state index contributed by atoms with van der Waals surface area (Å²) >= 11 is 0. The van der Waals surface area contributed by atoms with Gasteiger partial charge >= 0.3 is 0 Å². The molecule has 0 radical (unpaired) electrons. The van der Waals surface area contributed by atoms with E-state index in [1.807, 2.05) is 19.1 Å². The highest BCUT2D eigenvalue weighted by Crippen LogP contribution is 2.42. The molecule has 0 aromatic carbocycles. The van der Waals surface area contributed by atoms with Crippen LogP contribution in [-0.2, 0) is 4.74 Å². The zero-order chi connectivity index (χ0) is 14.8. The Morgan fingerprint density at radius 1 is 1.45 bits per heavy atom. The van der Waals surface area contributed by atoms with Crippen molar-refractivity contribution in [1.82, 2.24) is 0 Å². The summed E-state index contributed by atoms with van der Waals surface area (Å²) in [5.41, 5.74) is 6.66. The van der Waals surface area contributed by atoms with Gasteiger partial charge in [-0.25, -0.2) is 0 Å². The number of hydrogen-bond donors (Lipinski definition) is 2. The first-order valence-electron chi connectivity index (χ1n) is 7.55. The largest absolute Gasteiger partial charge is 0.498 e. The minimum atomic E-state index is 0.483. The second-order valence-electron chi connectivity index (χ2n) is 5.40. The molecule has 112 valence electrons. The lowest BCUT2D eigenvalue weighted by atomic mass is 9.90. The minimum Gasteiger partial charge on any atom is -0.498 e. The van der Waals surface area contributed by atoms with Gasteiger partial charge < -0.3 is 15.9 Å². The minimum absolute atomic E-state index is 0.483. The molecule has 1 rings (SSSR count). The van der Waals surface area contributed by atoms with Gasteiger partial charge in [0.15, 0.2) is 0 Å². The number of nitrogens with one attached hydrogen (secondary N) is 1. The lowest BCUT2D eigenvalue weighted by Gasteiger charge is -2.16. The fourth-order valence-electron chi connectivity index (χ4n) is 2.41. The van der Waals surface area contributed by atoms with Crippen molar-refractivity contribution in [3.8, 4) is 0 Å². The molecule has 3 N–H and O–H groups in total. The van der Waals surface area contributed by atoms with E-state index in [1.165, 1.54) is 24.6 Å². The van der Waals surface area contributed by atoms with Crippen LogP contribution in [0.2, 0.25) is 0 Å². The van der Waals surface area contributed by atoms with E-state index in [1.54, 1.807) is 0 Å². The Hall–Kier alpha value is -1.35. The quantitative estimate of drug-likeness (QED) is 0.198. The van der Waals surface area contributed by atoms with Gasteiger partial charge in [0, 0.05) is 6.21 Å². The fourth-order valence-corrected chi connectivity index (χ4v) is 2.41. The van der Waals surface area contributed by atoms with Crippen molar-refractivity contribution >= 4 is 6.21 Å². The van der Waals surface area contributed by atoms with Crippen molar-refractivity contribution in [2.75, 3.05) is 13.2 Å². The van der Waals surface area contributed by atoms with Gasteiger partial charge in [0.1, 0.15) is 0 Å². The average Bonchev–Trinajstić information content (AvgIpc) is 3.25. The van der Waals surface area contributed by atoms with Gasteiger partial charge in [-0.2, -0.15) is 0 Å². The number of unbranched alkanes of at least 4 members (excludes halogenated alkanes) is 1. The fraction of sp³-hybridized carbons (Fsp3) is 0.588. The molecule has 0 aromatic heterocycles. The Bertz CT molecular complexity index is 367. The van der Waals surface area contributed by atoms with E-state index in [2.05, 4.69) is 12.7 Å². The van der Waals surface area contributed by atoms with Crippen LogP contribution in [0.4, 0.5) is 0 Å². The van der Waals surface area contributed by atoms with Gasteiger partial charge in [-0.1, -0.05) is 6.08 Å². The monoisotopic (exact) mass is 276 g/mol. The molecular formula is C17H28N2O. The first-order valence-corrected chi connectivity index (χ1v) is 7.55. The van der Waals surface area contributed by atoms with Gasteiger partial charge in [-0.3, -0.25) is 0 Å². The molecule has 0 saturated heterocycles. The van der Waals surface area contributed by atoms with Gasteiger partial charge in [0.2, 0.25) is 0 Å². The average molecular weight is 276 g/mol. The van der Waals surface area contributed by atoms with Crippen LogP contribution in [0.1, 0.15) is 39.0 Å². The molecule has 1 unspecified atom stereocenters. The summed E-state index contributed by atoms with van der Waals surface area (Å²) in [7, 11) is 0. The predicted molar refractivity (Wildman–Crippen MR) is 85.9 cm³/mol. The maximum Gasteiger partial charge on any atom is 0.0931 e. The lowest BCUT2D eigenvalue weighted by Crippen LogP contribution is -2.06. The standard InChI is InChI=1S/C17H28N2O/c1-3-6-17(15-7-8-15)16(9-11-19)13-14(2)20-12-5-4-10-18/h3,9,11,13,15,17,19H,1,4-8,10,12,18H2,2H3/b14-13+,16-9+,19-11?. The summed E-state index contributed by atoms with van der Waals surface area (Å²) in [5.74, 6) is 2.15. The third kappa shape index (κ3) is 6.20. The van der Waals surface area contributed by atoms with Crippen molar-refractivity contribution < 1.29 is 4.74 Å². The van der Waals surface area contributed by atoms with E-state index in [9.17, 15) is 0 Å². The predicted octanol–water partition coefficient (Wildman–Crippen LogP) is 3.82. The van der Waals surface area contributed by atoms with E-state index >= 15 is 0 Å². The van der Waals surface area contributed by atoms with E-state index in [0.717, 1.165) is 30.9 Å². The van der Waals surface area contributed by atoms with Crippen LogP contribution in [0.3, 0.4) is 0 Å². The Labute approximate surface area is 123 Å². The second kappa shape index (κ2) is 9.54. The van der Waals surface area contributed by atoms with E-state index in [0.29, 0.717) is 19.1 Å². The second-order valence-corrected chi connectivity index (χ2v) is 5.40. The first-order chi connectivity index (χ1) is 9.72. The van der Waals surface area contributed by atoms with Crippen LogP contribution in [0.25, 0.3) is 0 Å². The van der Waals surface area contributed by atoms with Gasteiger partial charge in [-0.05, 0) is 75.1 Å². The molecule has 1 atom stereocenters. The van der Waals surface area contributed by atoms with Crippen LogP contribution >= 0.6 is 0 Å². The highest BCUT2D eigenvalue weighted by Gasteiger charge is 2.31. The molecule has 0 spiro atoms. The summed E-state index contributed by atoms with van der Waals surface area (Å²) in [6, 6.07) is 0. The van der Waals surface area contributed by atoms with Crippen molar-refractivity contribution in [1.29, 1.82) is 5.41 Å². The molecule has 1 aliphatic rings. The highest BCUT2D eigenvalue weighted by atomic mass is 16.5. The Kier molecular flexibility index (Phi) is 7.97. The number of ether oxygens (including phenoxy) is 1. The smallest absolute Gasteiger partial charge is 0.0931 e. The molecule has 0 amide bonds. The van der Waals surface area contributed by atoms with Crippen LogP contribution in [-0.4, -0.2) is 19.4 Å². The number of hydrogen-bond acceptors (Lipinski definition) is 3. The maximum atomic E-state index is 7.35. The third-order valence-electron chi connectivity index (χ3n) is 3.61. The molecule has 1 fully saturated rings. The molecule has 20 heavy (non-hydrogen) atoms. The number of rotatable bonds is 11. The summed E-state index contributed by atoms with van der Waals surface area (Å²) in [5, 5.41) is 7.35. The lowest BCUT2D eigenvalue weighted by molar-refractivity contribution is 0.208. The van der Waals surface area contributed by atoms with Crippen LogP contribution in [0, 0.1) is 17.2 Å². The summed E-state index contributed by atoms with van der Waals surface area (Å²) < 4.78 is 5.71. The van der Waals surface area contributed by atoms with Crippen molar-refractivity contribution in [2.45, 2.75) is 39.0 Å². The first kappa shape index (κ1) is 16.7. The van der Waals surface area contributed by atoms with Crippen LogP contribution < -0.4 is 5.73 Å². The topological polar surface area (TPSA) is 59.1 Å². The molecular weight excluding hydrogens is 248 g/mol. The van der Waals surface area contributed by atoms with Gasteiger partial charge in [-0.15, -0.1) is 6.58 Å².